The average Bonchev–Trinajstić information content (AvgIpc) is 2.77. The molecule has 0 aliphatic heterocycles. The van der Waals surface area contributed by atoms with E-state index in [1.165, 1.54) is 0 Å². The fraction of sp³-hybridized carbons (Fsp3) is 0.286. The summed E-state index contributed by atoms with van der Waals surface area (Å²) in [6.45, 7) is 5.62. The van der Waals surface area contributed by atoms with Crippen LogP contribution in [0.5, 0.6) is 0 Å². The molecule has 0 spiro atoms. The van der Waals surface area contributed by atoms with Gasteiger partial charge in [0.05, 0.1) is 5.52 Å². The lowest BCUT2D eigenvalue weighted by molar-refractivity contribution is 0.111. The van der Waals surface area contributed by atoms with Crippen LogP contribution in [-0.2, 0) is 0 Å². The molecule has 0 aliphatic carbocycles. The molecule has 0 aliphatic rings. The zero-order valence-corrected chi connectivity index (χ0v) is 10.6. The van der Waals surface area contributed by atoms with Gasteiger partial charge in [-0.2, -0.15) is 9.89 Å². The number of aromatic nitrogens is 2. The molecule has 1 aromatic heterocycles. The Labute approximate surface area is 106 Å². The number of nitrogens with zero attached hydrogens (tertiary/aromatic N) is 3. The first-order valence-corrected chi connectivity index (χ1v) is 5.94. The van der Waals surface area contributed by atoms with Crippen LogP contribution in [0.25, 0.3) is 10.9 Å². The molecule has 0 fully saturated rings. The molecule has 0 radical (unpaired) electrons. The number of aldehydes is 1. The second-order valence-electron chi connectivity index (χ2n) is 3.91. The molecule has 0 bridgehead atoms. The van der Waals surface area contributed by atoms with E-state index in [0.717, 1.165) is 35.8 Å². The normalized spacial score (nSPS) is 10.3. The fourth-order valence-electron chi connectivity index (χ4n) is 2.00. The summed E-state index contributed by atoms with van der Waals surface area (Å²) in [5, 5.41) is 7.23. The molecule has 0 atom stereocenters. The van der Waals surface area contributed by atoms with Crippen LogP contribution >= 0.6 is 0 Å². The Kier molecular flexibility index (Phi) is 3.33. The zero-order valence-electron chi connectivity index (χ0n) is 10.6. The van der Waals surface area contributed by atoms with Gasteiger partial charge in [-0.3, -0.25) is 9.80 Å². The SMILES string of the molecule is C#Cc1ccc2nn(N(CC)CC)c(C=O)c2c1. The molecule has 2 aromatic rings. The van der Waals surface area contributed by atoms with E-state index >= 15 is 0 Å². The van der Waals surface area contributed by atoms with Crippen molar-refractivity contribution in [3.05, 3.63) is 29.5 Å². The molecule has 18 heavy (non-hydrogen) atoms. The first kappa shape index (κ1) is 12.2. The number of hydrogen-bond acceptors (Lipinski definition) is 3. The van der Waals surface area contributed by atoms with Gasteiger partial charge < -0.3 is 0 Å². The number of carbonyl (C=O) groups excluding carboxylic acids is 1. The molecule has 1 aromatic carbocycles. The van der Waals surface area contributed by atoms with E-state index in [4.69, 9.17) is 6.42 Å². The number of terminal acetylenes is 1. The van der Waals surface area contributed by atoms with E-state index in [-0.39, 0.29) is 0 Å². The monoisotopic (exact) mass is 241 g/mol. The van der Waals surface area contributed by atoms with E-state index in [1.807, 2.05) is 37.1 Å². The number of fused-ring (bicyclic) bond motifs is 1. The van der Waals surface area contributed by atoms with Gasteiger partial charge in [-0.05, 0) is 32.0 Å². The Hall–Kier alpha value is -2.28. The molecule has 1 heterocycles. The Bertz CT molecular complexity index is 618. The maximum absolute atomic E-state index is 11.3. The third-order valence-electron chi connectivity index (χ3n) is 2.97. The van der Waals surface area contributed by atoms with E-state index in [0.29, 0.717) is 5.69 Å². The largest absolute Gasteiger partial charge is 0.297 e. The second kappa shape index (κ2) is 4.92. The Morgan fingerprint density at radius 1 is 1.44 bits per heavy atom. The maximum atomic E-state index is 11.3. The highest BCUT2D eigenvalue weighted by Crippen LogP contribution is 2.19. The standard InChI is InChI=1S/C14H15N3O/c1-4-11-7-8-13-12(9-11)14(10-18)17(15-13)16(5-2)6-3/h1,7-10H,5-6H2,2-3H3. The quantitative estimate of drug-likeness (QED) is 0.605. The lowest BCUT2D eigenvalue weighted by Crippen LogP contribution is -2.36. The van der Waals surface area contributed by atoms with Crippen molar-refractivity contribution in [1.29, 1.82) is 0 Å². The summed E-state index contributed by atoms with van der Waals surface area (Å²) in [6, 6.07) is 5.50. The van der Waals surface area contributed by atoms with Crippen LogP contribution in [0, 0.1) is 12.3 Å². The third kappa shape index (κ3) is 1.84. The van der Waals surface area contributed by atoms with E-state index < -0.39 is 0 Å². The summed E-state index contributed by atoms with van der Waals surface area (Å²) in [7, 11) is 0. The predicted octanol–water partition coefficient (Wildman–Crippen LogP) is 1.81. The lowest BCUT2D eigenvalue weighted by atomic mass is 10.1. The number of benzene rings is 1. The minimum absolute atomic E-state index is 0.547. The van der Waals surface area contributed by atoms with E-state index in [9.17, 15) is 4.79 Å². The van der Waals surface area contributed by atoms with Gasteiger partial charge in [0.1, 0.15) is 5.69 Å². The van der Waals surface area contributed by atoms with Crippen molar-refractivity contribution in [2.24, 2.45) is 0 Å². The van der Waals surface area contributed by atoms with Crippen LogP contribution in [0.15, 0.2) is 18.2 Å². The smallest absolute Gasteiger partial charge is 0.170 e. The minimum atomic E-state index is 0.547. The van der Waals surface area contributed by atoms with Gasteiger partial charge in [0.2, 0.25) is 0 Å². The Morgan fingerprint density at radius 2 is 2.17 bits per heavy atom. The van der Waals surface area contributed by atoms with Gasteiger partial charge in [-0.25, -0.2) is 0 Å². The van der Waals surface area contributed by atoms with Crippen molar-refractivity contribution in [2.75, 3.05) is 18.1 Å². The molecule has 0 unspecified atom stereocenters. The molecule has 4 nitrogen and oxygen atoms in total. The molecule has 0 saturated carbocycles. The van der Waals surface area contributed by atoms with Crippen molar-refractivity contribution in [1.82, 2.24) is 9.89 Å². The van der Waals surface area contributed by atoms with Gasteiger partial charge in [0.25, 0.3) is 0 Å². The van der Waals surface area contributed by atoms with Gasteiger partial charge in [0.15, 0.2) is 6.29 Å². The summed E-state index contributed by atoms with van der Waals surface area (Å²) >= 11 is 0. The Morgan fingerprint density at radius 3 is 2.72 bits per heavy atom. The maximum Gasteiger partial charge on any atom is 0.170 e. The van der Waals surface area contributed by atoms with Crippen LogP contribution < -0.4 is 5.01 Å². The minimum Gasteiger partial charge on any atom is -0.297 e. The average molecular weight is 241 g/mol. The van der Waals surface area contributed by atoms with Gasteiger partial charge >= 0.3 is 0 Å². The molecule has 2 rings (SSSR count). The third-order valence-corrected chi connectivity index (χ3v) is 2.97. The fourth-order valence-corrected chi connectivity index (χ4v) is 2.00. The summed E-state index contributed by atoms with van der Waals surface area (Å²) in [6.07, 6.45) is 6.20. The predicted molar refractivity (Wildman–Crippen MR) is 72.4 cm³/mol. The highest BCUT2D eigenvalue weighted by atomic mass is 16.1. The highest BCUT2D eigenvalue weighted by Gasteiger charge is 2.14. The number of hydrogen-bond donors (Lipinski definition) is 0. The van der Waals surface area contributed by atoms with Gasteiger partial charge in [-0.15, -0.1) is 6.42 Å². The van der Waals surface area contributed by atoms with E-state index in [1.54, 1.807) is 4.79 Å². The van der Waals surface area contributed by atoms with Crippen LogP contribution in [0.2, 0.25) is 0 Å². The lowest BCUT2D eigenvalue weighted by Gasteiger charge is -2.21. The molecule has 4 heteroatoms. The number of carbonyl (C=O) groups is 1. The number of rotatable bonds is 4. The first-order valence-electron chi connectivity index (χ1n) is 5.94. The second-order valence-corrected chi connectivity index (χ2v) is 3.91. The Balaban J connectivity index is 2.69. The molecular weight excluding hydrogens is 226 g/mol. The van der Waals surface area contributed by atoms with Crippen molar-refractivity contribution >= 4 is 17.2 Å². The summed E-state index contributed by atoms with van der Waals surface area (Å²) in [5.74, 6) is 2.57. The zero-order chi connectivity index (χ0) is 13.1. The van der Waals surface area contributed by atoms with Crippen molar-refractivity contribution in [3.63, 3.8) is 0 Å². The van der Waals surface area contributed by atoms with Crippen molar-refractivity contribution in [2.45, 2.75) is 13.8 Å². The summed E-state index contributed by atoms with van der Waals surface area (Å²) in [4.78, 5) is 13.0. The van der Waals surface area contributed by atoms with Crippen LogP contribution in [-0.4, -0.2) is 29.3 Å². The molecule has 0 N–H and O–H groups in total. The molecular formula is C14H15N3O. The van der Waals surface area contributed by atoms with Crippen LogP contribution in [0.3, 0.4) is 0 Å². The molecule has 0 amide bonds. The highest BCUT2D eigenvalue weighted by molar-refractivity contribution is 5.96. The van der Waals surface area contributed by atoms with E-state index in [2.05, 4.69) is 11.0 Å². The van der Waals surface area contributed by atoms with Crippen molar-refractivity contribution < 1.29 is 4.79 Å². The first-order chi connectivity index (χ1) is 8.74. The van der Waals surface area contributed by atoms with Gasteiger partial charge in [-0.1, -0.05) is 5.92 Å². The topological polar surface area (TPSA) is 38.1 Å². The summed E-state index contributed by atoms with van der Waals surface area (Å²) in [5.41, 5.74) is 2.08. The molecule has 0 saturated heterocycles. The van der Waals surface area contributed by atoms with Crippen LogP contribution in [0.4, 0.5) is 0 Å². The molecule has 92 valence electrons. The van der Waals surface area contributed by atoms with Crippen molar-refractivity contribution in [3.8, 4) is 12.3 Å². The van der Waals surface area contributed by atoms with Gasteiger partial charge in [0, 0.05) is 24.0 Å². The summed E-state index contributed by atoms with van der Waals surface area (Å²) < 4.78 is 0. The van der Waals surface area contributed by atoms with Crippen LogP contribution in [0.1, 0.15) is 29.9 Å².